The molecule has 1 saturated heterocycles. The molecule has 1 aliphatic heterocycles. The molecule has 1 aliphatic rings. The molecule has 1 heterocycles. The summed E-state index contributed by atoms with van der Waals surface area (Å²) >= 11 is 13.6. The van der Waals surface area contributed by atoms with Crippen molar-refractivity contribution in [3.63, 3.8) is 0 Å². The van der Waals surface area contributed by atoms with E-state index in [-0.39, 0.29) is 29.2 Å². The van der Waals surface area contributed by atoms with E-state index in [1.165, 1.54) is 6.07 Å². The predicted molar refractivity (Wildman–Crippen MR) is 107 cm³/mol. The highest BCUT2D eigenvalue weighted by Gasteiger charge is 2.27. The van der Waals surface area contributed by atoms with E-state index in [0.29, 0.717) is 30.1 Å². The van der Waals surface area contributed by atoms with Gasteiger partial charge in [0.05, 0.1) is 10.6 Å². The van der Waals surface area contributed by atoms with Crippen LogP contribution in [-0.4, -0.2) is 60.9 Å². The van der Waals surface area contributed by atoms with Gasteiger partial charge < -0.3 is 15.5 Å². The molecule has 25 heavy (non-hydrogen) atoms. The number of amides is 2. The third kappa shape index (κ3) is 6.53. The van der Waals surface area contributed by atoms with Gasteiger partial charge in [-0.2, -0.15) is 11.8 Å². The highest BCUT2D eigenvalue weighted by molar-refractivity contribution is 7.98. The number of thioether (sulfide) groups is 1. The van der Waals surface area contributed by atoms with Gasteiger partial charge in [-0.3, -0.25) is 9.59 Å². The van der Waals surface area contributed by atoms with E-state index >= 15 is 0 Å². The van der Waals surface area contributed by atoms with Gasteiger partial charge in [0.1, 0.15) is 6.04 Å². The minimum Gasteiger partial charge on any atom is -0.340 e. The number of hydrogen-bond acceptors (Lipinski definition) is 4. The first-order chi connectivity index (χ1) is 11.5. The molecular formula is C16H22Cl3N3O2S. The average molecular weight is 427 g/mol. The van der Waals surface area contributed by atoms with Crippen molar-refractivity contribution in [2.75, 3.05) is 38.2 Å². The van der Waals surface area contributed by atoms with E-state index in [1.54, 1.807) is 28.8 Å². The molecule has 2 amide bonds. The minimum absolute atomic E-state index is 0. The molecule has 2 rings (SSSR count). The SMILES string of the molecule is CSCCC(NC(=O)c1ccc(Cl)cc1Cl)C(=O)N1CCNCC1.Cl. The van der Waals surface area contributed by atoms with E-state index in [0.717, 1.165) is 18.8 Å². The zero-order chi connectivity index (χ0) is 17.5. The number of nitrogens with zero attached hydrogens (tertiary/aromatic N) is 1. The van der Waals surface area contributed by atoms with Gasteiger partial charge in [-0.05, 0) is 36.6 Å². The van der Waals surface area contributed by atoms with E-state index in [4.69, 9.17) is 23.2 Å². The number of piperazine rings is 1. The molecule has 5 nitrogen and oxygen atoms in total. The van der Waals surface area contributed by atoms with Crippen LogP contribution in [0.4, 0.5) is 0 Å². The lowest BCUT2D eigenvalue weighted by molar-refractivity contribution is -0.133. The summed E-state index contributed by atoms with van der Waals surface area (Å²) in [6, 6.07) is 4.15. The largest absolute Gasteiger partial charge is 0.340 e. The van der Waals surface area contributed by atoms with Crippen LogP contribution in [0.5, 0.6) is 0 Å². The molecule has 0 aliphatic carbocycles. The van der Waals surface area contributed by atoms with Crippen molar-refractivity contribution >= 4 is 59.2 Å². The summed E-state index contributed by atoms with van der Waals surface area (Å²) in [7, 11) is 0. The molecule has 9 heteroatoms. The summed E-state index contributed by atoms with van der Waals surface area (Å²) in [6.07, 6.45) is 2.56. The first-order valence-corrected chi connectivity index (χ1v) is 9.92. The fourth-order valence-corrected chi connectivity index (χ4v) is 3.47. The Bertz CT molecular complexity index is 598. The highest BCUT2D eigenvalue weighted by Crippen LogP contribution is 2.21. The van der Waals surface area contributed by atoms with Crippen LogP contribution in [0.3, 0.4) is 0 Å². The van der Waals surface area contributed by atoms with Crippen molar-refractivity contribution in [3.8, 4) is 0 Å². The molecule has 0 spiro atoms. The summed E-state index contributed by atoms with van der Waals surface area (Å²) < 4.78 is 0. The fraction of sp³-hybridized carbons (Fsp3) is 0.500. The second-order valence-corrected chi connectivity index (χ2v) is 7.34. The van der Waals surface area contributed by atoms with Crippen molar-refractivity contribution in [2.45, 2.75) is 12.5 Å². The number of halogens is 3. The standard InChI is InChI=1S/C16H21Cl2N3O2S.ClH/c1-24-9-4-14(16(23)21-7-5-19-6-8-21)20-15(22)12-3-2-11(17)10-13(12)18;/h2-3,10,14,19H,4-9H2,1H3,(H,20,22);1H. The van der Waals surface area contributed by atoms with Gasteiger partial charge in [0.25, 0.3) is 5.91 Å². The predicted octanol–water partition coefficient (Wildman–Crippen LogP) is 2.70. The monoisotopic (exact) mass is 425 g/mol. The molecule has 0 bridgehead atoms. The number of benzene rings is 1. The molecular weight excluding hydrogens is 405 g/mol. The molecule has 1 aromatic carbocycles. The van der Waals surface area contributed by atoms with Gasteiger partial charge in [-0.15, -0.1) is 12.4 Å². The van der Waals surface area contributed by atoms with Gasteiger partial charge in [-0.1, -0.05) is 23.2 Å². The third-order valence-corrected chi connectivity index (χ3v) is 5.01. The van der Waals surface area contributed by atoms with E-state index in [2.05, 4.69) is 10.6 Å². The lowest BCUT2D eigenvalue weighted by Crippen LogP contribution is -2.54. The van der Waals surface area contributed by atoms with Crippen LogP contribution in [0.1, 0.15) is 16.8 Å². The van der Waals surface area contributed by atoms with Crippen molar-refractivity contribution < 1.29 is 9.59 Å². The molecule has 1 fully saturated rings. The van der Waals surface area contributed by atoms with Gasteiger partial charge in [0, 0.05) is 31.2 Å². The average Bonchev–Trinajstić information content (AvgIpc) is 2.58. The zero-order valence-corrected chi connectivity index (χ0v) is 17.0. The minimum atomic E-state index is -0.546. The van der Waals surface area contributed by atoms with Crippen LogP contribution >= 0.6 is 47.4 Å². The van der Waals surface area contributed by atoms with E-state index < -0.39 is 6.04 Å². The molecule has 0 saturated carbocycles. The topological polar surface area (TPSA) is 61.4 Å². The molecule has 0 radical (unpaired) electrons. The summed E-state index contributed by atoms with van der Waals surface area (Å²) in [6.45, 7) is 2.87. The Morgan fingerprint density at radius 3 is 2.60 bits per heavy atom. The maximum absolute atomic E-state index is 12.7. The lowest BCUT2D eigenvalue weighted by Gasteiger charge is -2.31. The fourth-order valence-electron chi connectivity index (χ4n) is 2.51. The number of carbonyl (C=O) groups excluding carboxylic acids is 2. The summed E-state index contributed by atoms with van der Waals surface area (Å²) in [4.78, 5) is 27.0. The van der Waals surface area contributed by atoms with Crippen LogP contribution in [0, 0.1) is 0 Å². The number of nitrogens with one attached hydrogen (secondary N) is 2. The quantitative estimate of drug-likeness (QED) is 0.734. The summed E-state index contributed by atoms with van der Waals surface area (Å²) in [5, 5.41) is 6.79. The van der Waals surface area contributed by atoms with Crippen molar-refractivity contribution in [3.05, 3.63) is 33.8 Å². The smallest absolute Gasteiger partial charge is 0.253 e. The maximum atomic E-state index is 12.7. The highest BCUT2D eigenvalue weighted by atomic mass is 35.5. The van der Waals surface area contributed by atoms with Crippen LogP contribution < -0.4 is 10.6 Å². The molecule has 2 N–H and O–H groups in total. The Hall–Kier alpha value is -0.660. The summed E-state index contributed by atoms with van der Waals surface area (Å²) in [5.74, 6) is 0.396. The Kier molecular flexibility index (Phi) is 9.97. The summed E-state index contributed by atoms with van der Waals surface area (Å²) in [5.41, 5.74) is 0.323. The van der Waals surface area contributed by atoms with Crippen LogP contribution in [0.2, 0.25) is 10.0 Å². The number of carbonyl (C=O) groups is 2. The van der Waals surface area contributed by atoms with E-state index in [1.807, 2.05) is 6.26 Å². The first-order valence-electron chi connectivity index (χ1n) is 7.77. The van der Waals surface area contributed by atoms with Crippen molar-refractivity contribution in [1.82, 2.24) is 15.5 Å². The van der Waals surface area contributed by atoms with Crippen LogP contribution in [0.25, 0.3) is 0 Å². The Balaban J connectivity index is 0.00000312. The number of hydrogen-bond donors (Lipinski definition) is 2. The van der Waals surface area contributed by atoms with Crippen molar-refractivity contribution in [2.24, 2.45) is 0 Å². The van der Waals surface area contributed by atoms with Crippen molar-refractivity contribution in [1.29, 1.82) is 0 Å². The second kappa shape index (κ2) is 11.1. The Morgan fingerprint density at radius 1 is 1.32 bits per heavy atom. The normalized spacial score (nSPS) is 15.2. The lowest BCUT2D eigenvalue weighted by atomic mass is 10.1. The third-order valence-electron chi connectivity index (χ3n) is 3.82. The second-order valence-electron chi connectivity index (χ2n) is 5.51. The van der Waals surface area contributed by atoms with Gasteiger partial charge in [0.2, 0.25) is 5.91 Å². The zero-order valence-electron chi connectivity index (χ0n) is 13.9. The molecule has 0 aromatic heterocycles. The van der Waals surface area contributed by atoms with Crippen LogP contribution in [-0.2, 0) is 4.79 Å². The Morgan fingerprint density at radius 2 is 2.00 bits per heavy atom. The van der Waals surface area contributed by atoms with Gasteiger partial charge >= 0.3 is 0 Å². The maximum Gasteiger partial charge on any atom is 0.253 e. The molecule has 1 atom stereocenters. The molecule has 140 valence electrons. The first kappa shape index (κ1) is 22.4. The Labute approximate surface area is 168 Å². The van der Waals surface area contributed by atoms with Gasteiger partial charge in [-0.25, -0.2) is 0 Å². The number of rotatable bonds is 6. The van der Waals surface area contributed by atoms with Crippen LogP contribution in [0.15, 0.2) is 18.2 Å². The van der Waals surface area contributed by atoms with E-state index in [9.17, 15) is 9.59 Å². The van der Waals surface area contributed by atoms with Gasteiger partial charge in [0.15, 0.2) is 0 Å². The molecule has 1 unspecified atom stereocenters. The molecule has 1 aromatic rings.